The maximum atomic E-state index is 13.1. The van der Waals surface area contributed by atoms with Crippen LogP contribution in [0.25, 0.3) is 11.3 Å². The van der Waals surface area contributed by atoms with Gasteiger partial charge in [-0.05, 0) is 30.2 Å². The Bertz CT molecular complexity index is 1070. The monoisotopic (exact) mass is 386 g/mol. The van der Waals surface area contributed by atoms with Gasteiger partial charge < -0.3 is 5.32 Å². The van der Waals surface area contributed by atoms with Crippen LogP contribution in [0.4, 0.5) is 4.39 Å². The van der Waals surface area contributed by atoms with Crippen molar-refractivity contribution in [2.45, 2.75) is 26.6 Å². The van der Waals surface area contributed by atoms with Gasteiger partial charge in [-0.3, -0.25) is 0 Å². The van der Waals surface area contributed by atoms with E-state index < -0.39 is 0 Å². The van der Waals surface area contributed by atoms with Crippen LogP contribution in [0.3, 0.4) is 0 Å². The molecule has 0 aliphatic heterocycles. The molecule has 29 heavy (non-hydrogen) atoms. The molecule has 0 saturated heterocycles. The summed E-state index contributed by atoms with van der Waals surface area (Å²) in [6.45, 7) is 3.92. The Morgan fingerprint density at radius 2 is 1.62 bits per heavy atom. The van der Waals surface area contributed by atoms with E-state index in [1.54, 1.807) is 16.9 Å². The van der Waals surface area contributed by atoms with Gasteiger partial charge in [0.1, 0.15) is 17.2 Å². The van der Waals surface area contributed by atoms with Crippen LogP contribution >= 0.6 is 0 Å². The molecule has 4 aromatic rings. The summed E-state index contributed by atoms with van der Waals surface area (Å²) in [4.78, 5) is 1.76. The number of aryl methyl sites for hydroxylation is 1. The van der Waals surface area contributed by atoms with Gasteiger partial charge in [-0.15, -0.1) is 0 Å². The van der Waals surface area contributed by atoms with Gasteiger partial charge in [-0.25, -0.2) is 4.39 Å². The molecule has 0 aliphatic rings. The van der Waals surface area contributed by atoms with E-state index in [1.807, 2.05) is 30.3 Å². The van der Waals surface area contributed by atoms with Crippen molar-refractivity contribution in [2.24, 2.45) is 0 Å². The largest absolute Gasteiger partial charge is 0.307 e. The molecule has 0 bridgehead atoms. The number of hydrogen-bond donors (Lipinski definition) is 1. The molecule has 0 spiro atoms. The van der Waals surface area contributed by atoms with E-state index in [0.29, 0.717) is 19.6 Å². The van der Waals surface area contributed by atoms with Crippen LogP contribution in [0, 0.1) is 12.7 Å². The van der Waals surface area contributed by atoms with Gasteiger partial charge in [-0.1, -0.05) is 72.3 Å². The highest BCUT2D eigenvalue weighted by Gasteiger charge is 2.13. The second-order valence-electron chi connectivity index (χ2n) is 7.11. The van der Waals surface area contributed by atoms with Crippen molar-refractivity contribution in [3.8, 4) is 11.3 Å². The summed E-state index contributed by atoms with van der Waals surface area (Å²) in [7, 11) is 0. The summed E-state index contributed by atoms with van der Waals surface area (Å²) in [5.41, 5.74) is 6.24. The van der Waals surface area contributed by atoms with Crippen LogP contribution in [0.15, 0.2) is 78.9 Å². The molecular weight excluding hydrogens is 363 g/mol. The highest BCUT2D eigenvalue weighted by atomic mass is 19.1. The first-order valence-electron chi connectivity index (χ1n) is 9.67. The molecule has 0 amide bonds. The minimum Gasteiger partial charge on any atom is -0.307 e. The van der Waals surface area contributed by atoms with E-state index in [1.165, 1.54) is 23.3 Å². The fourth-order valence-electron chi connectivity index (χ4n) is 3.29. The van der Waals surface area contributed by atoms with E-state index >= 15 is 0 Å². The van der Waals surface area contributed by atoms with Crippen LogP contribution in [-0.2, 0) is 19.6 Å². The number of nitrogens with one attached hydrogen (secondary N) is 1. The Morgan fingerprint density at radius 3 is 2.38 bits per heavy atom. The van der Waals surface area contributed by atoms with Gasteiger partial charge >= 0.3 is 0 Å². The molecule has 0 unspecified atom stereocenters. The number of nitrogens with zero attached hydrogens (tertiary/aromatic N) is 3. The Hall–Kier alpha value is -3.31. The van der Waals surface area contributed by atoms with Gasteiger partial charge in [0, 0.05) is 18.7 Å². The first kappa shape index (κ1) is 19.0. The van der Waals surface area contributed by atoms with Crippen molar-refractivity contribution >= 4 is 0 Å². The molecule has 1 N–H and O–H groups in total. The molecule has 1 heterocycles. The van der Waals surface area contributed by atoms with Crippen LogP contribution in [0.5, 0.6) is 0 Å². The third-order valence-electron chi connectivity index (χ3n) is 4.71. The zero-order valence-electron chi connectivity index (χ0n) is 16.3. The van der Waals surface area contributed by atoms with E-state index in [0.717, 1.165) is 22.5 Å². The fourth-order valence-corrected chi connectivity index (χ4v) is 3.29. The van der Waals surface area contributed by atoms with Gasteiger partial charge in [-0.2, -0.15) is 15.0 Å². The SMILES string of the molecule is Cc1cccc(Cn2nc(CNCc3ccc(F)cc3)c(-c3ccccc3)n2)c1. The third kappa shape index (κ3) is 4.95. The molecule has 5 heteroatoms. The molecule has 0 aliphatic carbocycles. The first-order valence-corrected chi connectivity index (χ1v) is 9.67. The maximum absolute atomic E-state index is 13.1. The molecule has 0 fully saturated rings. The van der Waals surface area contributed by atoms with E-state index in [2.05, 4.69) is 36.5 Å². The normalized spacial score (nSPS) is 11.0. The minimum absolute atomic E-state index is 0.223. The number of hydrogen-bond acceptors (Lipinski definition) is 3. The predicted octanol–water partition coefficient (Wildman–Crippen LogP) is 4.73. The number of aromatic nitrogens is 3. The standard InChI is InChI=1S/C24H23FN4/c1-18-6-5-7-20(14-18)17-29-27-23(24(28-29)21-8-3-2-4-9-21)16-26-15-19-10-12-22(25)13-11-19/h2-14,26H,15-17H2,1H3. The molecular formula is C24H23FN4. The molecule has 146 valence electrons. The van der Waals surface area contributed by atoms with Crippen LogP contribution in [0.2, 0.25) is 0 Å². The highest BCUT2D eigenvalue weighted by molar-refractivity contribution is 5.60. The zero-order valence-corrected chi connectivity index (χ0v) is 16.3. The second kappa shape index (κ2) is 8.80. The fraction of sp³-hybridized carbons (Fsp3) is 0.167. The lowest BCUT2D eigenvalue weighted by Crippen LogP contribution is -2.14. The second-order valence-corrected chi connectivity index (χ2v) is 7.11. The molecule has 0 radical (unpaired) electrons. The van der Waals surface area contributed by atoms with Crippen molar-refractivity contribution in [2.75, 3.05) is 0 Å². The maximum Gasteiger partial charge on any atom is 0.123 e. The average Bonchev–Trinajstić information content (AvgIpc) is 3.13. The molecule has 0 atom stereocenters. The summed E-state index contributed by atoms with van der Waals surface area (Å²) in [6, 6.07) is 25.0. The topological polar surface area (TPSA) is 42.7 Å². The van der Waals surface area contributed by atoms with Crippen molar-refractivity contribution in [3.05, 3.63) is 107 Å². The lowest BCUT2D eigenvalue weighted by molar-refractivity contribution is 0.576. The Labute approximate surface area is 170 Å². The highest BCUT2D eigenvalue weighted by Crippen LogP contribution is 2.20. The Morgan fingerprint density at radius 1 is 0.828 bits per heavy atom. The van der Waals surface area contributed by atoms with Crippen LogP contribution < -0.4 is 5.32 Å². The lowest BCUT2D eigenvalue weighted by Gasteiger charge is -2.04. The lowest BCUT2D eigenvalue weighted by atomic mass is 10.1. The number of halogens is 1. The Balaban J connectivity index is 1.54. The van der Waals surface area contributed by atoms with Crippen molar-refractivity contribution in [3.63, 3.8) is 0 Å². The van der Waals surface area contributed by atoms with Gasteiger partial charge in [0.25, 0.3) is 0 Å². The van der Waals surface area contributed by atoms with Gasteiger partial charge in [0.15, 0.2) is 0 Å². The third-order valence-corrected chi connectivity index (χ3v) is 4.71. The molecule has 0 saturated carbocycles. The molecule has 3 aromatic carbocycles. The van der Waals surface area contributed by atoms with E-state index in [-0.39, 0.29) is 5.82 Å². The summed E-state index contributed by atoms with van der Waals surface area (Å²) < 4.78 is 13.1. The quantitative estimate of drug-likeness (QED) is 0.499. The molecule has 1 aromatic heterocycles. The van der Waals surface area contributed by atoms with Crippen molar-refractivity contribution < 1.29 is 4.39 Å². The predicted molar refractivity (Wildman–Crippen MR) is 113 cm³/mol. The summed E-state index contributed by atoms with van der Waals surface area (Å²) >= 11 is 0. The van der Waals surface area contributed by atoms with Crippen LogP contribution in [0.1, 0.15) is 22.4 Å². The summed E-state index contributed by atoms with van der Waals surface area (Å²) in [5, 5.41) is 12.9. The Kier molecular flexibility index (Phi) is 5.77. The van der Waals surface area contributed by atoms with E-state index in [4.69, 9.17) is 10.2 Å². The van der Waals surface area contributed by atoms with Gasteiger partial charge in [0.2, 0.25) is 0 Å². The summed E-state index contributed by atoms with van der Waals surface area (Å²) in [6.07, 6.45) is 0. The van der Waals surface area contributed by atoms with Crippen LogP contribution in [-0.4, -0.2) is 15.0 Å². The van der Waals surface area contributed by atoms with E-state index in [9.17, 15) is 4.39 Å². The average molecular weight is 386 g/mol. The molecule has 4 nitrogen and oxygen atoms in total. The van der Waals surface area contributed by atoms with Gasteiger partial charge in [0.05, 0.1) is 6.54 Å². The first-order chi connectivity index (χ1) is 14.2. The summed E-state index contributed by atoms with van der Waals surface area (Å²) in [5.74, 6) is -0.223. The molecule has 4 rings (SSSR count). The van der Waals surface area contributed by atoms with Crippen molar-refractivity contribution in [1.29, 1.82) is 0 Å². The number of rotatable bonds is 7. The smallest absolute Gasteiger partial charge is 0.123 e. The number of benzene rings is 3. The zero-order chi connectivity index (χ0) is 20.1. The van der Waals surface area contributed by atoms with Crippen molar-refractivity contribution in [1.82, 2.24) is 20.3 Å². The minimum atomic E-state index is -0.223.